The van der Waals surface area contributed by atoms with Crippen LogP contribution < -0.4 is 4.74 Å². The van der Waals surface area contributed by atoms with Crippen LogP contribution in [-0.4, -0.2) is 47.9 Å². The smallest absolute Gasteiger partial charge is 0.253 e. The summed E-state index contributed by atoms with van der Waals surface area (Å²) in [5.41, 5.74) is 1.78. The third-order valence-corrected chi connectivity index (χ3v) is 6.60. The van der Waals surface area contributed by atoms with E-state index in [4.69, 9.17) is 4.74 Å². The molecule has 2 amide bonds. The molecule has 0 bridgehead atoms. The summed E-state index contributed by atoms with van der Waals surface area (Å²) in [4.78, 5) is 29.6. The van der Waals surface area contributed by atoms with E-state index in [0.717, 1.165) is 5.56 Å². The van der Waals surface area contributed by atoms with E-state index in [1.807, 2.05) is 30.3 Å². The second-order valence-corrected chi connectivity index (χ2v) is 9.31. The third kappa shape index (κ3) is 6.27. The molecule has 2 atom stereocenters. The molecule has 1 aliphatic rings. The van der Waals surface area contributed by atoms with Gasteiger partial charge in [-0.05, 0) is 54.4 Å². The van der Waals surface area contributed by atoms with Gasteiger partial charge in [-0.15, -0.1) is 0 Å². The Morgan fingerprint density at radius 1 is 1.03 bits per heavy atom. The Labute approximate surface area is 210 Å². The van der Waals surface area contributed by atoms with Crippen molar-refractivity contribution >= 4 is 11.8 Å². The molecule has 0 aliphatic carbocycles. The van der Waals surface area contributed by atoms with Crippen molar-refractivity contribution in [2.75, 3.05) is 20.1 Å². The average Bonchev–Trinajstić information content (AvgIpc) is 2.88. The van der Waals surface area contributed by atoms with Crippen LogP contribution >= 0.6 is 0 Å². The number of rotatable bonds is 7. The van der Waals surface area contributed by atoms with Gasteiger partial charge in [-0.1, -0.05) is 36.4 Å². The molecule has 7 heteroatoms. The number of nitrogens with zero attached hydrogens (tertiary/aromatic N) is 2. The quantitative estimate of drug-likeness (QED) is 0.454. The van der Waals surface area contributed by atoms with Gasteiger partial charge in [-0.25, -0.2) is 8.78 Å². The molecule has 0 spiro atoms. The van der Waals surface area contributed by atoms with Gasteiger partial charge >= 0.3 is 0 Å². The van der Waals surface area contributed by atoms with Crippen molar-refractivity contribution in [3.63, 3.8) is 0 Å². The molecule has 36 heavy (non-hydrogen) atoms. The zero-order valence-electron chi connectivity index (χ0n) is 20.5. The number of piperidine rings is 1. The number of benzene rings is 3. The normalized spacial score (nSPS) is 17.5. The Balaban J connectivity index is 1.49. The molecule has 0 N–H and O–H groups in total. The Morgan fingerprint density at radius 3 is 2.44 bits per heavy atom. The van der Waals surface area contributed by atoms with Crippen LogP contribution in [-0.2, 0) is 11.3 Å². The fourth-order valence-corrected chi connectivity index (χ4v) is 4.47. The standard InChI is InChI=1S/C29H30F2N2O3/c1-20-8-9-22(16-26(20)31)29(35)33-15-14-27(36-25-12-10-24(30)11-13-25)23(19-33)17-28(34)32(2)18-21-6-4-3-5-7-21/h3-13,16,23,27H,14-15,17-19H2,1-2H3/t23-,27-/m0/s1. The van der Waals surface area contributed by atoms with Gasteiger partial charge in [0, 0.05) is 51.0 Å². The van der Waals surface area contributed by atoms with Gasteiger partial charge in [0.15, 0.2) is 0 Å². The number of amides is 2. The predicted octanol–water partition coefficient (Wildman–Crippen LogP) is 5.23. The van der Waals surface area contributed by atoms with Gasteiger partial charge in [0.25, 0.3) is 5.91 Å². The molecule has 3 aromatic carbocycles. The second-order valence-electron chi connectivity index (χ2n) is 9.31. The first-order chi connectivity index (χ1) is 17.3. The summed E-state index contributed by atoms with van der Waals surface area (Å²) < 4.78 is 33.6. The van der Waals surface area contributed by atoms with Crippen LogP contribution in [0.3, 0.4) is 0 Å². The van der Waals surface area contributed by atoms with E-state index in [2.05, 4.69) is 0 Å². The number of halogens is 2. The van der Waals surface area contributed by atoms with Gasteiger partial charge in [0.05, 0.1) is 0 Å². The van der Waals surface area contributed by atoms with Crippen LogP contribution in [0.25, 0.3) is 0 Å². The molecule has 4 rings (SSSR count). The van der Waals surface area contributed by atoms with Crippen molar-refractivity contribution in [2.24, 2.45) is 5.92 Å². The molecule has 1 heterocycles. The number of hydrogen-bond donors (Lipinski definition) is 0. The van der Waals surface area contributed by atoms with E-state index in [9.17, 15) is 18.4 Å². The first-order valence-electron chi connectivity index (χ1n) is 12.1. The molecule has 3 aromatic rings. The number of ether oxygens (including phenoxy) is 1. The molecule has 0 radical (unpaired) electrons. The lowest BCUT2D eigenvalue weighted by Gasteiger charge is -2.39. The Morgan fingerprint density at radius 2 is 1.75 bits per heavy atom. The van der Waals surface area contributed by atoms with Gasteiger partial charge in [0.1, 0.15) is 23.5 Å². The monoisotopic (exact) mass is 492 g/mol. The number of aryl methyl sites for hydroxylation is 1. The third-order valence-electron chi connectivity index (χ3n) is 6.60. The predicted molar refractivity (Wildman–Crippen MR) is 133 cm³/mol. The number of likely N-dealkylation sites (tertiary alicyclic amines) is 1. The minimum Gasteiger partial charge on any atom is -0.490 e. The van der Waals surface area contributed by atoms with Crippen LogP contribution in [0.1, 0.15) is 34.3 Å². The maximum atomic E-state index is 14.1. The maximum absolute atomic E-state index is 14.1. The van der Waals surface area contributed by atoms with Crippen LogP contribution in [0.5, 0.6) is 5.75 Å². The molecule has 0 unspecified atom stereocenters. The lowest BCUT2D eigenvalue weighted by atomic mass is 9.90. The Kier molecular flexibility index (Phi) is 7.98. The minimum atomic E-state index is -0.426. The SMILES string of the molecule is Cc1ccc(C(=O)N2CC[C@H](Oc3ccc(F)cc3)[C@@H](CC(=O)N(C)Cc3ccccc3)C2)cc1F. The molecule has 1 fully saturated rings. The topological polar surface area (TPSA) is 49.9 Å². The second kappa shape index (κ2) is 11.3. The minimum absolute atomic E-state index is 0.0627. The molecular formula is C29H30F2N2O3. The zero-order chi connectivity index (χ0) is 25.7. The molecule has 1 saturated heterocycles. The summed E-state index contributed by atoms with van der Waals surface area (Å²) >= 11 is 0. The maximum Gasteiger partial charge on any atom is 0.253 e. The van der Waals surface area contributed by atoms with Crippen LogP contribution in [0.2, 0.25) is 0 Å². The Bertz CT molecular complexity index is 1200. The summed E-state index contributed by atoms with van der Waals surface area (Å²) in [7, 11) is 1.76. The molecule has 188 valence electrons. The van der Waals surface area contributed by atoms with Crippen LogP contribution in [0, 0.1) is 24.5 Å². The first-order valence-corrected chi connectivity index (χ1v) is 12.1. The fraction of sp³-hybridized carbons (Fsp3) is 0.310. The lowest BCUT2D eigenvalue weighted by Crippen LogP contribution is -2.49. The molecule has 5 nitrogen and oxygen atoms in total. The molecule has 0 saturated carbocycles. The molecule has 1 aliphatic heterocycles. The fourth-order valence-electron chi connectivity index (χ4n) is 4.47. The van der Waals surface area contributed by atoms with Crippen LogP contribution in [0.4, 0.5) is 8.78 Å². The number of hydrogen-bond acceptors (Lipinski definition) is 3. The summed E-state index contributed by atoms with van der Waals surface area (Å²) in [6, 6.07) is 20.0. The summed E-state index contributed by atoms with van der Waals surface area (Å²) in [5.74, 6) is -0.894. The highest BCUT2D eigenvalue weighted by Crippen LogP contribution is 2.28. The van der Waals surface area contributed by atoms with Crippen molar-refractivity contribution < 1.29 is 23.1 Å². The van der Waals surface area contributed by atoms with E-state index >= 15 is 0 Å². The summed E-state index contributed by atoms with van der Waals surface area (Å²) in [6.45, 7) is 2.83. The van der Waals surface area contributed by atoms with Gasteiger partial charge in [-0.3, -0.25) is 9.59 Å². The van der Waals surface area contributed by atoms with E-state index in [1.165, 1.54) is 18.2 Å². The first kappa shape index (κ1) is 25.4. The van der Waals surface area contributed by atoms with Crippen molar-refractivity contribution in [1.29, 1.82) is 0 Å². The van der Waals surface area contributed by atoms with Crippen molar-refractivity contribution in [3.05, 3.63) is 101 Å². The van der Waals surface area contributed by atoms with Crippen molar-refractivity contribution in [1.82, 2.24) is 9.80 Å². The van der Waals surface area contributed by atoms with E-state index < -0.39 is 5.82 Å². The van der Waals surface area contributed by atoms with E-state index in [-0.39, 0.29) is 41.6 Å². The molecule has 0 aromatic heterocycles. The summed E-state index contributed by atoms with van der Waals surface area (Å²) in [5, 5.41) is 0. The van der Waals surface area contributed by atoms with Crippen molar-refractivity contribution in [3.8, 4) is 5.75 Å². The van der Waals surface area contributed by atoms with Gasteiger partial charge in [0.2, 0.25) is 5.91 Å². The van der Waals surface area contributed by atoms with Gasteiger partial charge < -0.3 is 14.5 Å². The highest BCUT2D eigenvalue weighted by atomic mass is 19.1. The van der Waals surface area contributed by atoms with Gasteiger partial charge in [-0.2, -0.15) is 0 Å². The highest BCUT2D eigenvalue weighted by Gasteiger charge is 2.35. The highest BCUT2D eigenvalue weighted by molar-refractivity contribution is 5.94. The largest absolute Gasteiger partial charge is 0.490 e. The van der Waals surface area contributed by atoms with E-state index in [1.54, 1.807) is 48.0 Å². The number of carbonyl (C=O) groups is 2. The van der Waals surface area contributed by atoms with Crippen molar-refractivity contribution in [2.45, 2.75) is 32.4 Å². The molecular weight excluding hydrogens is 462 g/mol. The van der Waals surface area contributed by atoms with Crippen LogP contribution in [0.15, 0.2) is 72.8 Å². The van der Waals surface area contributed by atoms with E-state index in [0.29, 0.717) is 37.4 Å². The lowest BCUT2D eigenvalue weighted by molar-refractivity contribution is -0.132. The summed E-state index contributed by atoms with van der Waals surface area (Å²) in [6.07, 6.45) is 0.349. The average molecular weight is 493 g/mol. The zero-order valence-corrected chi connectivity index (χ0v) is 20.5. The number of carbonyl (C=O) groups excluding carboxylic acids is 2. The Hall–Kier alpha value is -3.74.